The zero-order chi connectivity index (χ0) is 19.0. The molecule has 0 atom stereocenters. The minimum Gasteiger partial charge on any atom is -0.380 e. The first-order valence-electron chi connectivity index (χ1n) is 9.54. The van der Waals surface area contributed by atoms with E-state index in [1.165, 1.54) is 24.1 Å². The molecule has 2 fully saturated rings. The Labute approximate surface area is 169 Å². The number of anilines is 1. The van der Waals surface area contributed by atoms with Gasteiger partial charge >= 0.3 is 0 Å². The lowest BCUT2D eigenvalue weighted by atomic mass is 10.0. The summed E-state index contributed by atoms with van der Waals surface area (Å²) in [6, 6.07) is 5.73. The maximum absolute atomic E-state index is 12.7. The molecule has 2 aliphatic rings. The summed E-state index contributed by atoms with van der Waals surface area (Å²) in [6.07, 6.45) is 6.53. The normalized spacial score (nSPS) is 18.6. The van der Waals surface area contributed by atoms with E-state index < -0.39 is 0 Å². The maximum atomic E-state index is 12.7. The van der Waals surface area contributed by atoms with Crippen LogP contribution in [0.2, 0.25) is 10.0 Å². The summed E-state index contributed by atoms with van der Waals surface area (Å²) in [6.45, 7) is 5.35. The second kappa shape index (κ2) is 7.82. The summed E-state index contributed by atoms with van der Waals surface area (Å²) in [5.41, 5.74) is 1.83. The van der Waals surface area contributed by atoms with Gasteiger partial charge in [0, 0.05) is 30.7 Å². The summed E-state index contributed by atoms with van der Waals surface area (Å²) < 4.78 is 1.29. The fourth-order valence-electron chi connectivity index (χ4n) is 3.58. The van der Waals surface area contributed by atoms with Gasteiger partial charge in [-0.2, -0.15) is 9.78 Å². The molecule has 1 aliphatic carbocycles. The van der Waals surface area contributed by atoms with E-state index in [-0.39, 0.29) is 10.6 Å². The van der Waals surface area contributed by atoms with Crippen molar-refractivity contribution in [3.63, 3.8) is 0 Å². The number of rotatable bonds is 5. The molecular formula is C20H24Cl2N4O. The van der Waals surface area contributed by atoms with Gasteiger partial charge in [0.1, 0.15) is 5.02 Å². The Morgan fingerprint density at radius 2 is 1.93 bits per heavy atom. The third-order valence-corrected chi connectivity index (χ3v) is 6.25. The summed E-state index contributed by atoms with van der Waals surface area (Å²) in [5.74, 6) is 0.927. The standard InChI is InChI=1S/C20H24Cl2N4O/c1-13-2-5-16(10-17(13)21)26-20(27)19(22)18(11-23-26)24-15-6-8-25(9-7-15)12-14-3-4-14/h2,5,10-11,14-15,24H,3-4,6-9,12H2,1H3. The van der Waals surface area contributed by atoms with E-state index in [1.54, 1.807) is 12.3 Å². The van der Waals surface area contributed by atoms with Gasteiger partial charge in [0.15, 0.2) is 0 Å². The molecule has 1 saturated heterocycles. The van der Waals surface area contributed by atoms with Crippen molar-refractivity contribution in [2.75, 3.05) is 25.0 Å². The fraction of sp³-hybridized carbons (Fsp3) is 0.500. The van der Waals surface area contributed by atoms with Crippen molar-refractivity contribution in [3.8, 4) is 5.69 Å². The monoisotopic (exact) mass is 406 g/mol. The molecule has 2 aromatic rings. The molecule has 144 valence electrons. The molecule has 4 rings (SSSR count). The number of benzene rings is 1. The van der Waals surface area contributed by atoms with Crippen molar-refractivity contribution in [1.82, 2.24) is 14.7 Å². The molecule has 1 aromatic carbocycles. The van der Waals surface area contributed by atoms with Gasteiger partial charge in [-0.3, -0.25) is 4.79 Å². The van der Waals surface area contributed by atoms with E-state index in [1.807, 2.05) is 19.1 Å². The molecule has 0 unspecified atom stereocenters. The number of hydrogen-bond acceptors (Lipinski definition) is 4. The van der Waals surface area contributed by atoms with Crippen LogP contribution >= 0.6 is 23.2 Å². The average molecular weight is 407 g/mol. The van der Waals surface area contributed by atoms with E-state index >= 15 is 0 Å². The first-order valence-corrected chi connectivity index (χ1v) is 10.3. The van der Waals surface area contributed by atoms with Crippen molar-refractivity contribution in [3.05, 3.63) is 50.4 Å². The van der Waals surface area contributed by atoms with Gasteiger partial charge < -0.3 is 10.2 Å². The molecule has 1 N–H and O–H groups in total. The predicted molar refractivity (Wildman–Crippen MR) is 110 cm³/mol. The minimum absolute atomic E-state index is 0.169. The van der Waals surface area contributed by atoms with Gasteiger partial charge in [-0.05, 0) is 56.2 Å². The Kier molecular flexibility index (Phi) is 5.44. The van der Waals surface area contributed by atoms with Crippen molar-refractivity contribution < 1.29 is 0 Å². The smallest absolute Gasteiger partial charge is 0.292 e. The number of piperidine rings is 1. The third-order valence-electron chi connectivity index (χ3n) is 5.48. The highest BCUT2D eigenvalue weighted by atomic mass is 35.5. The van der Waals surface area contributed by atoms with Crippen LogP contribution in [0.5, 0.6) is 0 Å². The summed E-state index contributed by atoms with van der Waals surface area (Å²) in [5, 5.41) is 8.48. The van der Waals surface area contributed by atoms with Crippen molar-refractivity contribution in [2.45, 2.75) is 38.6 Å². The quantitative estimate of drug-likeness (QED) is 0.810. The third kappa shape index (κ3) is 4.31. The van der Waals surface area contributed by atoms with Crippen LogP contribution in [0.15, 0.2) is 29.2 Å². The van der Waals surface area contributed by atoms with Crippen LogP contribution < -0.4 is 10.9 Å². The number of aromatic nitrogens is 2. The largest absolute Gasteiger partial charge is 0.380 e. The summed E-state index contributed by atoms with van der Waals surface area (Å²) >= 11 is 12.5. The second-order valence-corrected chi connectivity index (χ2v) is 8.47. The van der Waals surface area contributed by atoms with Gasteiger partial charge in [0.05, 0.1) is 17.6 Å². The Bertz CT molecular complexity index is 886. The SMILES string of the molecule is Cc1ccc(-n2ncc(NC3CCN(CC4CC4)CC3)c(Cl)c2=O)cc1Cl. The molecule has 0 radical (unpaired) electrons. The van der Waals surface area contributed by atoms with E-state index in [0.29, 0.717) is 22.4 Å². The van der Waals surface area contributed by atoms with E-state index in [4.69, 9.17) is 23.2 Å². The predicted octanol–water partition coefficient (Wildman–Crippen LogP) is 4.13. The molecule has 1 aromatic heterocycles. The second-order valence-electron chi connectivity index (χ2n) is 7.69. The first kappa shape index (κ1) is 18.8. The van der Waals surface area contributed by atoms with Crippen LogP contribution in [-0.2, 0) is 0 Å². The fourth-order valence-corrected chi connectivity index (χ4v) is 3.93. The maximum Gasteiger partial charge on any atom is 0.292 e. The number of nitrogens with zero attached hydrogens (tertiary/aromatic N) is 3. The number of nitrogens with one attached hydrogen (secondary N) is 1. The molecule has 0 amide bonds. The first-order chi connectivity index (χ1) is 13.0. The molecule has 2 heterocycles. The molecule has 0 bridgehead atoms. The van der Waals surface area contributed by atoms with Gasteiger partial charge in [-0.25, -0.2) is 0 Å². The highest BCUT2D eigenvalue weighted by Crippen LogP contribution is 2.31. The van der Waals surface area contributed by atoms with Gasteiger partial charge in [0.2, 0.25) is 0 Å². The van der Waals surface area contributed by atoms with Crippen LogP contribution in [0.1, 0.15) is 31.2 Å². The van der Waals surface area contributed by atoms with E-state index in [9.17, 15) is 4.79 Å². The van der Waals surface area contributed by atoms with Crippen molar-refractivity contribution in [1.29, 1.82) is 0 Å². The van der Waals surface area contributed by atoms with E-state index in [0.717, 1.165) is 37.4 Å². The van der Waals surface area contributed by atoms with Crippen LogP contribution in [-0.4, -0.2) is 40.4 Å². The topological polar surface area (TPSA) is 50.2 Å². The number of hydrogen-bond donors (Lipinski definition) is 1. The Morgan fingerprint density at radius 3 is 2.59 bits per heavy atom. The lowest BCUT2D eigenvalue weighted by Crippen LogP contribution is -2.40. The van der Waals surface area contributed by atoms with Crippen molar-refractivity contribution >= 4 is 28.9 Å². The Hall–Kier alpha value is -1.56. The highest BCUT2D eigenvalue weighted by Gasteiger charge is 2.27. The molecule has 1 aliphatic heterocycles. The van der Waals surface area contributed by atoms with Gasteiger partial charge in [-0.15, -0.1) is 0 Å². The van der Waals surface area contributed by atoms with Crippen molar-refractivity contribution in [2.24, 2.45) is 5.92 Å². The minimum atomic E-state index is -0.340. The zero-order valence-corrected chi connectivity index (χ0v) is 16.9. The molecule has 27 heavy (non-hydrogen) atoms. The van der Waals surface area contributed by atoms with Gasteiger partial charge in [-0.1, -0.05) is 29.3 Å². The number of likely N-dealkylation sites (tertiary alicyclic amines) is 1. The molecule has 1 saturated carbocycles. The number of halogens is 2. The molecular weight excluding hydrogens is 383 g/mol. The molecule has 5 nitrogen and oxygen atoms in total. The van der Waals surface area contributed by atoms with E-state index in [2.05, 4.69) is 15.3 Å². The lowest BCUT2D eigenvalue weighted by Gasteiger charge is -2.32. The summed E-state index contributed by atoms with van der Waals surface area (Å²) in [7, 11) is 0. The average Bonchev–Trinajstić information content (AvgIpc) is 3.47. The highest BCUT2D eigenvalue weighted by molar-refractivity contribution is 6.33. The number of aryl methyl sites for hydroxylation is 1. The summed E-state index contributed by atoms with van der Waals surface area (Å²) in [4.78, 5) is 15.2. The Morgan fingerprint density at radius 1 is 1.19 bits per heavy atom. The molecule has 7 heteroatoms. The van der Waals surface area contributed by atoms with Crippen LogP contribution in [0, 0.1) is 12.8 Å². The zero-order valence-electron chi connectivity index (χ0n) is 15.4. The Balaban J connectivity index is 1.45. The lowest BCUT2D eigenvalue weighted by molar-refractivity contribution is 0.211. The van der Waals surface area contributed by atoms with Crippen LogP contribution in [0.4, 0.5) is 5.69 Å². The van der Waals surface area contributed by atoms with Crippen LogP contribution in [0.3, 0.4) is 0 Å². The van der Waals surface area contributed by atoms with Crippen LogP contribution in [0.25, 0.3) is 5.69 Å². The van der Waals surface area contributed by atoms with Gasteiger partial charge in [0.25, 0.3) is 5.56 Å². The molecule has 0 spiro atoms.